The van der Waals surface area contributed by atoms with Crippen LogP contribution in [0.5, 0.6) is 5.88 Å². The SMILES string of the molecule is CC(C)(C)NC(=O)c1ccc(-c2cc(=NC3CC3)n3ncc(=Cc4[nH]c(=O)[nH]c4O)c3n2)s1. The Morgan fingerprint density at radius 1 is 1.33 bits per heavy atom. The van der Waals surface area contributed by atoms with Crippen LogP contribution in [-0.2, 0) is 0 Å². The van der Waals surface area contributed by atoms with Crippen molar-refractivity contribution in [3.8, 4) is 16.5 Å². The molecule has 0 aliphatic heterocycles. The summed E-state index contributed by atoms with van der Waals surface area (Å²) in [7, 11) is 0. The Bertz CT molecular complexity index is 1550. The molecular formula is C22H23N7O3S. The van der Waals surface area contributed by atoms with Gasteiger partial charge in [-0.25, -0.2) is 9.78 Å². The highest BCUT2D eigenvalue weighted by Crippen LogP contribution is 2.27. The number of hydrogen-bond acceptors (Lipinski definition) is 7. The van der Waals surface area contributed by atoms with Crippen molar-refractivity contribution in [2.45, 2.75) is 45.2 Å². The van der Waals surface area contributed by atoms with E-state index in [4.69, 9.17) is 9.98 Å². The summed E-state index contributed by atoms with van der Waals surface area (Å²) in [4.78, 5) is 39.9. The average Bonchev–Trinajstić information content (AvgIpc) is 3.11. The van der Waals surface area contributed by atoms with Crippen LogP contribution in [-0.4, -0.2) is 47.2 Å². The van der Waals surface area contributed by atoms with Crippen LogP contribution in [0.1, 0.15) is 49.0 Å². The standard InChI is InChI=1S/C22H23N7O3S/c1-22(2,3)28-20(31)16-7-6-15(33-16)13-9-17(24-12-4-5-12)29-18(25-13)11(10-23-29)8-14-19(30)27-21(32)26-14/h6-10,12,30H,4-5H2,1-3H3,(H,28,31)(H2,26,27,32). The molecule has 0 bridgehead atoms. The lowest BCUT2D eigenvalue weighted by Gasteiger charge is -2.19. The highest BCUT2D eigenvalue weighted by molar-refractivity contribution is 7.17. The molecule has 1 amide bonds. The van der Waals surface area contributed by atoms with Gasteiger partial charge in [-0.15, -0.1) is 11.3 Å². The third-order valence-corrected chi connectivity index (χ3v) is 6.05. The van der Waals surface area contributed by atoms with E-state index in [1.54, 1.807) is 22.9 Å². The van der Waals surface area contributed by atoms with E-state index in [-0.39, 0.29) is 29.1 Å². The van der Waals surface area contributed by atoms with E-state index in [0.29, 0.717) is 26.9 Å². The number of amides is 1. The number of H-pyrrole nitrogens is 2. The van der Waals surface area contributed by atoms with E-state index >= 15 is 0 Å². The molecule has 0 aromatic carbocycles. The molecule has 0 atom stereocenters. The zero-order chi connectivity index (χ0) is 23.3. The molecule has 4 N–H and O–H groups in total. The predicted octanol–water partition coefficient (Wildman–Crippen LogP) is 1.32. The molecule has 1 aliphatic carbocycles. The molecule has 5 rings (SSSR count). The van der Waals surface area contributed by atoms with Crippen LogP contribution in [0.25, 0.3) is 22.3 Å². The largest absolute Gasteiger partial charge is 0.493 e. The molecule has 4 aromatic heterocycles. The fraction of sp³-hybridized carbons (Fsp3) is 0.318. The number of carbonyl (C=O) groups excluding carboxylic acids is 1. The maximum absolute atomic E-state index is 12.6. The maximum atomic E-state index is 12.6. The number of aromatic hydroxyl groups is 1. The number of fused-ring (bicyclic) bond motifs is 1. The van der Waals surface area contributed by atoms with E-state index in [9.17, 15) is 14.7 Å². The first-order chi connectivity index (χ1) is 15.7. The van der Waals surface area contributed by atoms with Gasteiger partial charge >= 0.3 is 5.69 Å². The molecule has 11 heteroatoms. The lowest BCUT2D eigenvalue weighted by molar-refractivity contribution is 0.0923. The van der Waals surface area contributed by atoms with Crippen molar-refractivity contribution in [2.75, 3.05) is 0 Å². The minimum absolute atomic E-state index is 0.131. The number of aromatic amines is 2. The Kier molecular flexibility index (Phi) is 4.93. The monoisotopic (exact) mass is 465 g/mol. The molecule has 1 fully saturated rings. The Hall–Kier alpha value is -3.73. The normalized spacial score (nSPS) is 15.5. The molecule has 0 radical (unpaired) electrons. The maximum Gasteiger partial charge on any atom is 0.326 e. The van der Waals surface area contributed by atoms with Gasteiger partial charge in [-0.2, -0.15) is 9.61 Å². The molecule has 4 aromatic rings. The lowest BCUT2D eigenvalue weighted by Crippen LogP contribution is -2.40. The predicted molar refractivity (Wildman–Crippen MR) is 124 cm³/mol. The second-order valence-corrected chi connectivity index (χ2v) is 10.1. The van der Waals surface area contributed by atoms with Gasteiger partial charge < -0.3 is 15.4 Å². The number of rotatable bonds is 4. The van der Waals surface area contributed by atoms with Crippen LogP contribution in [0.4, 0.5) is 0 Å². The highest BCUT2D eigenvalue weighted by Gasteiger charge is 2.21. The van der Waals surface area contributed by atoms with Crippen molar-refractivity contribution in [2.24, 2.45) is 4.99 Å². The Balaban J connectivity index is 1.64. The van der Waals surface area contributed by atoms with E-state index < -0.39 is 5.69 Å². The number of imidazole rings is 1. The summed E-state index contributed by atoms with van der Waals surface area (Å²) in [5, 5.41) is 17.9. The van der Waals surface area contributed by atoms with E-state index in [1.807, 2.05) is 32.9 Å². The van der Waals surface area contributed by atoms with Crippen molar-refractivity contribution in [3.05, 3.63) is 56.2 Å². The van der Waals surface area contributed by atoms with Gasteiger partial charge in [0.05, 0.1) is 27.7 Å². The molecule has 1 saturated carbocycles. The van der Waals surface area contributed by atoms with E-state index in [1.165, 1.54) is 11.3 Å². The van der Waals surface area contributed by atoms with Crippen LogP contribution >= 0.6 is 11.3 Å². The summed E-state index contributed by atoms with van der Waals surface area (Å²) in [6.45, 7) is 5.81. The fourth-order valence-corrected chi connectivity index (χ4v) is 4.18. The van der Waals surface area contributed by atoms with Crippen molar-refractivity contribution in [1.29, 1.82) is 0 Å². The smallest absolute Gasteiger partial charge is 0.326 e. The van der Waals surface area contributed by atoms with Crippen molar-refractivity contribution in [1.82, 2.24) is 29.9 Å². The van der Waals surface area contributed by atoms with Gasteiger partial charge in [0, 0.05) is 16.8 Å². The quantitative estimate of drug-likeness (QED) is 0.360. The first-order valence-corrected chi connectivity index (χ1v) is 11.4. The Labute approximate surface area is 191 Å². The van der Waals surface area contributed by atoms with Crippen molar-refractivity contribution >= 4 is 29.0 Å². The molecule has 33 heavy (non-hydrogen) atoms. The Morgan fingerprint density at radius 3 is 2.79 bits per heavy atom. The summed E-state index contributed by atoms with van der Waals surface area (Å²) in [5.41, 5.74) is 1.26. The van der Waals surface area contributed by atoms with Crippen molar-refractivity contribution in [3.63, 3.8) is 0 Å². The second kappa shape index (κ2) is 7.69. The van der Waals surface area contributed by atoms with Gasteiger partial charge in [0.1, 0.15) is 5.69 Å². The molecule has 4 heterocycles. The molecule has 0 saturated heterocycles. The average molecular weight is 466 g/mol. The summed E-state index contributed by atoms with van der Waals surface area (Å²) >= 11 is 1.36. The van der Waals surface area contributed by atoms with Crippen LogP contribution in [0, 0.1) is 0 Å². The van der Waals surface area contributed by atoms with Gasteiger partial charge in [0.15, 0.2) is 11.1 Å². The first kappa shape index (κ1) is 21.1. The third-order valence-electron chi connectivity index (χ3n) is 4.95. The second-order valence-electron chi connectivity index (χ2n) is 9.05. The molecule has 1 aliphatic rings. The summed E-state index contributed by atoms with van der Waals surface area (Å²) in [6, 6.07) is 5.80. The molecule has 10 nitrogen and oxygen atoms in total. The minimum atomic E-state index is -0.507. The number of carbonyl (C=O) groups is 1. The van der Waals surface area contributed by atoms with Gasteiger partial charge in [-0.05, 0) is 51.8 Å². The van der Waals surface area contributed by atoms with E-state index in [2.05, 4.69) is 20.4 Å². The summed E-state index contributed by atoms with van der Waals surface area (Å²) in [5.74, 6) is -0.390. The van der Waals surface area contributed by atoms with Crippen LogP contribution in [0.15, 0.2) is 34.2 Å². The zero-order valence-electron chi connectivity index (χ0n) is 18.3. The fourth-order valence-electron chi connectivity index (χ4n) is 3.32. The van der Waals surface area contributed by atoms with Gasteiger partial charge in [-0.1, -0.05) is 0 Å². The van der Waals surface area contributed by atoms with Crippen LogP contribution in [0.3, 0.4) is 0 Å². The Morgan fingerprint density at radius 2 is 2.12 bits per heavy atom. The zero-order valence-corrected chi connectivity index (χ0v) is 19.2. The first-order valence-electron chi connectivity index (χ1n) is 10.5. The number of aromatic nitrogens is 5. The van der Waals surface area contributed by atoms with Crippen LogP contribution < -0.4 is 21.7 Å². The van der Waals surface area contributed by atoms with Gasteiger partial charge in [0.2, 0.25) is 5.88 Å². The number of nitrogens with one attached hydrogen (secondary N) is 3. The van der Waals surface area contributed by atoms with Crippen LogP contribution in [0.2, 0.25) is 0 Å². The van der Waals surface area contributed by atoms with Gasteiger partial charge in [0.25, 0.3) is 5.91 Å². The summed E-state index contributed by atoms with van der Waals surface area (Å²) in [6.07, 6.45) is 5.28. The topological polar surface area (TPSA) is 141 Å². The van der Waals surface area contributed by atoms with E-state index in [0.717, 1.165) is 17.7 Å². The molecule has 0 unspecified atom stereocenters. The number of thiophene rings is 1. The molecule has 0 spiro atoms. The summed E-state index contributed by atoms with van der Waals surface area (Å²) < 4.78 is 1.65. The molecular weight excluding hydrogens is 442 g/mol. The number of nitrogens with zero attached hydrogens (tertiary/aromatic N) is 4. The minimum Gasteiger partial charge on any atom is -0.493 e. The highest BCUT2D eigenvalue weighted by atomic mass is 32.1. The lowest BCUT2D eigenvalue weighted by atomic mass is 10.1. The third kappa shape index (κ3) is 4.44. The van der Waals surface area contributed by atoms with Crippen molar-refractivity contribution < 1.29 is 9.90 Å². The number of hydrogen-bond donors (Lipinski definition) is 4. The molecule has 170 valence electrons. The van der Waals surface area contributed by atoms with Gasteiger partial charge in [-0.3, -0.25) is 14.8 Å².